The quantitative estimate of drug-likeness (QED) is 0.674. The molecule has 0 spiro atoms. The van der Waals surface area contributed by atoms with E-state index in [2.05, 4.69) is 59.3 Å². The molecule has 3 heteroatoms. The summed E-state index contributed by atoms with van der Waals surface area (Å²) in [5.74, 6) is -0.537. The van der Waals surface area contributed by atoms with Crippen LogP contribution in [0.2, 0.25) is 0 Å². The van der Waals surface area contributed by atoms with Gasteiger partial charge in [-0.15, -0.1) is 0 Å². The highest BCUT2D eigenvalue weighted by molar-refractivity contribution is 9.10. The van der Waals surface area contributed by atoms with Crippen LogP contribution in [0.15, 0.2) is 40.9 Å². The Morgan fingerprint density at radius 1 is 1.00 bits per heavy atom. The van der Waals surface area contributed by atoms with E-state index < -0.39 is 5.79 Å². The summed E-state index contributed by atoms with van der Waals surface area (Å²) >= 11 is 3.56. The Bertz CT molecular complexity index is 702. The SMILES string of the molecule is CCC1(c2ccc3c(c2)Cc2cc(Br)ccc2-3)OCCO1. The number of hydrogen-bond acceptors (Lipinski definition) is 2. The van der Waals surface area contributed by atoms with Crippen LogP contribution in [0.25, 0.3) is 11.1 Å². The molecule has 1 fully saturated rings. The van der Waals surface area contributed by atoms with Gasteiger partial charge >= 0.3 is 0 Å². The minimum absolute atomic E-state index is 0.537. The zero-order valence-corrected chi connectivity index (χ0v) is 13.6. The van der Waals surface area contributed by atoms with Crippen LogP contribution in [0, 0.1) is 0 Å². The summed E-state index contributed by atoms with van der Waals surface area (Å²) in [5.41, 5.74) is 6.58. The summed E-state index contributed by atoms with van der Waals surface area (Å²) in [6.07, 6.45) is 1.82. The molecular formula is C18H17BrO2. The first-order valence-electron chi connectivity index (χ1n) is 7.42. The first kappa shape index (κ1) is 13.5. The summed E-state index contributed by atoms with van der Waals surface area (Å²) in [6.45, 7) is 3.47. The lowest BCUT2D eigenvalue weighted by Gasteiger charge is -2.27. The van der Waals surface area contributed by atoms with Crippen molar-refractivity contribution in [1.82, 2.24) is 0 Å². The molecule has 0 radical (unpaired) electrons. The van der Waals surface area contributed by atoms with Gasteiger partial charge in [-0.25, -0.2) is 0 Å². The third kappa shape index (κ3) is 2.07. The molecule has 4 rings (SSSR count). The van der Waals surface area contributed by atoms with Gasteiger partial charge in [0.1, 0.15) is 0 Å². The highest BCUT2D eigenvalue weighted by Gasteiger charge is 2.37. The molecule has 0 unspecified atom stereocenters. The minimum atomic E-state index is -0.537. The van der Waals surface area contributed by atoms with Crippen LogP contribution in [0.1, 0.15) is 30.0 Å². The van der Waals surface area contributed by atoms with Crippen LogP contribution in [0.4, 0.5) is 0 Å². The Morgan fingerprint density at radius 2 is 1.67 bits per heavy atom. The van der Waals surface area contributed by atoms with Crippen molar-refractivity contribution in [1.29, 1.82) is 0 Å². The second-order valence-electron chi connectivity index (χ2n) is 5.65. The van der Waals surface area contributed by atoms with Crippen molar-refractivity contribution >= 4 is 15.9 Å². The van der Waals surface area contributed by atoms with Crippen molar-refractivity contribution in [3.8, 4) is 11.1 Å². The van der Waals surface area contributed by atoms with Gasteiger partial charge in [0.2, 0.25) is 0 Å². The molecule has 2 aliphatic rings. The van der Waals surface area contributed by atoms with E-state index in [1.807, 2.05) is 0 Å². The van der Waals surface area contributed by atoms with Crippen molar-refractivity contribution in [3.05, 3.63) is 57.6 Å². The lowest BCUT2D eigenvalue weighted by Crippen LogP contribution is -2.26. The van der Waals surface area contributed by atoms with Gasteiger partial charge in [-0.05, 0) is 46.9 Å². The topological polar surface area (TPSA) is 18.5 Å². The first-order valence-corrected chi connectivity index (χ1v) is 8.21. The monoisotopic (exact) mass is 344 g/mol. The summed E-state index contributed by atoms with van der Waals surface area (Å²) < 4.78 is 12.9. The van der Waals surface area contributed by atoms with Gasteiger partial charge in [-0.2, -0.15) is 0 Å². The molecule has 0 aromatic heterocycles. The van der Waals surface area contributed by atoms with Gasteiger partial charge < -0.3 is 9.47 Å². The molecule has 0 bridgehead atoms. The molecule has 0 N–H and O–H groups in total. The van der Waals surface area contributed by atoms with Gasteiger partial charge in [-0.3, -0.25) is 0 Å². The maximum Gasteiger partial charge on any atom is 0.194 e. The fourth-order valence-corrected chi connectivity index (χ4v) is 3.85. The number of benzene rings is 2. The second kappa shape index (κ2) is 4.94. The molecule has 1 heterocycles. The molecule has 108 valence electrons. The fourth-order valence-electron chi connectivity index (χ4n) is 3.45. The Balaban J connectivity index is 1.78. The number of rotatable bonds is 2. The molecule has 1 aliphatic heterocycles. The van der Waals surface area contributed by atoms with Crippen LogP contribution >= 0.6 is 15.9 Å². The van der Waals surface area contributed by atoms with Crippen LogP contribution in [0.3, 0.4) is 0 Å². The van der Waals surface area contributed by atoms with E-state index in [0.29, 0.717) is 13.2 Å². The zero-order chi connectivity index (χ0) is 14.4. The summed E-state index contributed by atoms with van der Waals surface area (Å²) in [6, 6.07) is 13.2. The molecular weight excluding hydrogens is 328 g/mol. The lowest BCUT2D eigenvalue weighted by atomic mass is 9.97. The molecule has 2 aromatic rings. The van der Waals surface area contributed by atoms with E-state index in [9.17, 15) is 0 Å². The summed E-state index contributed by atoms with van der Waals surface area (Å²) in [5, 5.41) is 0. The second-order valence-corrected chi connectivity index (χ2v) is 6.57. The Kier molecular flexibility index (Phi) is 3.18. The molecule has 1 aliphatic carbocycles. The third-order valence-electron chi connectivity index (χ3n) is 4.50. The third-order valence-corrected chi connectivity index (χ3v) is 5.00. The van der Waals surface area contributed by atoms with Gasteiger partial charge in [0.15, 0.2) is 5.79 Å². The number of hydrogen-bond donors (Lipinski definition) is 0. The van der Waals surface area contributed by atoms with E-state index in [1.165, 1.54) is 22.3 Å². The largest absolute Gasteiger partial charge is 0.343 e. The van der Waals surface area contributed by atoms with Gasteiger partial charge in [0, 0.05) is 16.5 Å². The van der Waals surface area contributed by atoms with Crippen LogP contribution in [-0.2, 0) is 21.7 Å². The molecule has 0 atom stereocenters. The van der Waals surface area contributed by atoms with Crippen molar-refractivity contribution < 1.29 is 9.47 Å². The smallest absolute Gasteiger partial charge is 0.194 e. The highest BCUT2D eigenvalue weighted by atomic mass is 79.9. The normalized spacial score (nSPS) is 18.6. The van der Waals surface area contributed by atoms with Gasteiger partial charge in [0.05, 0.1) is 13.2 Å². The highest BCUT2D eigenvalue weighted by Crippen LogP contribution is 2.42. The molecule has 2 nitrogen and oxygen atoms in total. The predicted octanol–water partition coefficient (Wildman–Crippen LogP) is 4.63. The Morgan fingerprint density at radius 3 is 2.38 bits per heavy atom. The van der Waals surface area contributed by atoms with Crippen molar-refractivity contribution in [2.24, 2.45) is 0 Å². The lowest BCUT2D eigenvalue weighted by molar-refractivity contribution is -0.167. The molecule has 1 saturated heterocycles. The summed E-state index contributed by atoms with van der Waals surface area (Å²) in [4.78, 5) is 0. The van der Waals surface area contributed by atoms with Crippen LogP contribution < -0.4 is 0 Å². The van der Waals surface area contributed by atoms with Crippen LogP contribution in [0.5, 0.6) is 0 Å². The summed E-state index contributed by atoms with van der Waals surface area (Å²) in [7, 11) is 0. The number of ether oxygens (including phenoxy) is 2. The first-order chi connectivity index (χ1) is 10.2. The number of fused-ring (bicyclic) bond motifs is 3. The standard InChI is InChI=1S/C18H17BrO2/c1-2-18(20-7-8-21-18)14-3-5-16-12(10-14)9-13-11-15(19)4-6-17(13)16/h3-6,10-11H,2,7-9H2,1H3. The van der Waals surface area contributed by atoms with E-state index in [1.54, 1.807) is 0 Å². The fraction of sp³-hybridized carbons (Fsp3) is 0.333. The van der Waals surface area contributed by atoms with E-state index >= 15 is 0 Å². The van der Waals surface area contributed by atoms with Crippen molar-refractivity contribution in [3.63, 3.8) is 0 Å². The average Bonchev–Trinajstić information content (AvgIpc) is 3.10. The molecule has 2 aromatic carbocycles. The Labute approximate surface area is 133 Å². The van der Waals surface area contributed by atoms with Gasteiger partial charge in [0.25, 0.3) is 0 Å². The molecule has 0 amide bonds. The maximum absolute atomic E-state index is 5.90. The number of halogens is 1. The average molecular weight is 345 g/mol. The van der Waals surface area contributed by atoms with Gasteiger partial charge in [-0.1, -0.05) is 41.1 Å². The van der Waals surface area contributed by atoms with E-state index in [4.69, 9.17) is 9.47 Å². The minimum Gasteiger partial charge on any atom is -0.343 e. The molecule has 0 saturated carbocycles. The zero-order valence-electron chi connectivity index (χ0n) is 12.0. The van der Waals surface area contributed by atoms with E-state index in [0.717, 1.165) is 22.9 Å². The van der Waals surface area contributed by atoms with E-state index in [-0.39, 0.29) is 0 Å². The molecule has 21 heavy (non-hydrogen) atoms. The predicted molar refractivity (Wildman–Crippen MR) is 86.3 cm³/mol. The van der Waals surface area contributed by atoms with Crippen molar-refractivity contribution in [2.45, 2.75) is 25.6 Å². The maximum atomic E-state index is 5.90. The van der Waals surface area contributed by atoms with Crippen LogP contribution in [-0.4, -0.2) is 13.2 Å². The van der Waals surface area contributed by atoms with Crippen molar-refractivity contribution in [2.75, 3.05) is 13.2 Å². The Hall–Kier alpha value is -1.16.